The summed E-state index contributed by atoms with van der Waals surface area (Å²) in [7, 11) is 1.67. The van der Waals surface area contributed by atoms with Gasteiger partial charge in [0.2, 0.25) is 5.91 Å². The van der Waals surface area contributed by atoms with E-state index in [1.165, 1.54) is 0 Å². The van der Waals surface area contributed by atoms with Crippen LogP contribution in [0.5, 0.6) is 0 Å². The molecule has 0 saturated heterocycles. The van der Waals surface area contributed by atoms with Gasteiger partial charge in [-0.2, -0.15) is 0 Å². The lowest BCUT2D eigenvalue weighted by molar-refractivity contribution is -0.127. The lowest BCUT2D eigenvalue weighted by Gasteiger charge is -2.32. The quantitative estimate of drug-likeness (QED) is 0.890. The average Bonchev–Trinajstić information content (AvgIpc) is 2.46. The van der Waals surface area contributed by atoms with Crippen LogP contribution in [0, 0.1) is 5.92 Å². The molecule has 1 aliphatic rings. The van der Waals surface area contributed by atoms with Crippen molar-refractivity contribution in [3.05, 3.63) is 34.9 Å². The molecule has 0 radical (unpaired) electrons. The molecule has 3 N–H and O–H groups in total. The van der Waals surface area contributed by atoms with Crippen LogP contribution in [0.4, 0.5) is 0 Å². The Morgan fingerprint density at radius 1 is 1.43 bits per heavy atom. The molecule has 1 aliphatic carbocycles. The maximum atomic E-state index is 12.2. The molecule has 1 aromatic carbocycles. The molecule has 6 heteroatoms. The van der Waals surface area contributed by atoms with Crippen LogP contribution in [0.15, 0.2) is 24.3 Å². The van der Waals surface area contributed by atoms with Crippen molar-refractivity contribution in [2.24, 2.45) is 11.7 Å². The lowest BCUT2D eigenvalue weighted by atomic mass is 9.83. The van der Waals surface area contributed by atoms with E-state index in [4.69, 9.17) is 22.1 Å². The first-order valence-electron chi connectivity index (χ1n) is 6.91. The van der Waals surface area contributed by atoms with Gasteiger partial charge in [-0.3, -0.25) is 4.79 Å². The summed E-state index contributed by atoms with van der Waals surface area (Å²) in [5, 5.41) is 3.62. The first kappa shape index (κ1) is 18.2. The second kappa shape index (κ2) is 8.59. The number of methoxy groups -OCH3 is 1. The Labute approximate surface area is 136 Å². The van der Waals surface area contributed by atoms with Gasteiger partial charge in [-0.1, -0.05) is 29.8 Å². The first-order valence-corrected chi connectivity index (χ1v) is 7.29. The van der Waals surface area contributed by atoms with Gasteiger partial charge in [0.25, 0.3) is 0 Å². The maximum absolute atomic E-state index is 12.2. The van der Waals surface area contributed by atoms with E-state index in [0.29, 0.717) is 18.0 Å². The summed E-state index contributed by atoms with van der Waals surface area (Å²) in [6, 6.07) is 7.45. The Bertz CT molecular complexity index is 471. The van der Waals surface area contributed by atoms with Crippen LogP contribution in [0.25, 0.3) is 0 Å². The number of halogens is 2. The van der Waals surface area contributed by atoms with Crippen LogP contribution in [0.3, 0.4) is 0 Å². The molecule has 3 atom stereocenters. The molecule has 1 fully saturated rings. The Morgan fingerprint density at radius 3 is 2.76 bits per heavy atom. The Hall–Kier alpha value is -0.810. The van der Waals surface area contributed by atoms with Crippen LogP contribution in [0.1, 0.15) is 24.8 Å². The topological polar surface area (TPSA) is 64.3 Å². The maximum Gasteiger partial charge on any atom is 0.223 e. The molecule has 1 aromatic rings. The van der Waals surface area contributed by atoms with Gasteiger partial charge in [-0.25, -0.2) is 0 Å². The highest BCUT2D eigenvalue weighted by molar-refractivity contribution is 6.31. The highest BCUT2D eigenvalue weighted by Crippen LogP contribution is 2.25. The number of benzene rings is 1. The number of amides is 1. The van der Waals surface area contributed by atoms with E-state index in [0.717, 1.165) is 18.4 Å². The molecule has 1 saturated carbocycles. The normalized spacial score (nSPS) is 25.0. The fourth-order valence-corrected chi connectivity index (χ4v) is 2.88. The number of carbonyl (C=O) groups is 1. The number of hydrogen-bond acceptors (Lipinski definition) is 3. The van der Waals surface area contributed by atoms with E-state index in [2.05, 4.69) is 5.32 Å². The first-order chi connectivity index (χ1) is 9.61. The number of carbonyl (C=O) groups excluding carboxylic acids is 1. The Kier molecular flexibility index (Phi) is 7.46. The highest BCUT2D eigenvalue weighted by atomic mass is 35.5. The molecule has 0 spiro atoms. The largest absolute Gasteiger partial charge is 0.380 e. The van der Waals surface area contributed by atoms with E-state index in [1.807, 2.05) is 24.3 Å². The zero-order valence-electron chi connectivity index (χ0n) is 12.0. The number of nitrogens with one attached hydrogen (secondary N) is 1. The summed E-state index contributed by atoms with van der Waals surface area (Å²) >= 11 is 6.07. The van der Waals surface area contributed by atoms with Crippen molar-refractivity contribution in [2.75, 3.05) is 7.11 Å². The van der Waals surface area contributed by atoms with Crippen LogP contribution in [-0.2, 0) is 16.1 Å². The van der Waals surface area contributed by atoms with Crippen LogP contribution in [0.2, 0.25) is 5.02 Å². The standard InChI is InChI=1S/C15H21ClN2O2.ClH/c1-20-14-7-6-10(8-13(14)17)15(19)18-9-11-4-2-3-5-12(11)16;/h2-5,10,13-14H,6-9,17H2,1H3,(H,18,19);1H/t10-,13+,14+;/m0./s1. The third kappa shape index (κ3) is 4.85. The van der Waals surface area contributed by atoms with E-state index < -0.39 is 0 Å². The van der Waals surface area contributed by atoms with Crippen molar-refractivity contribution in [3.8, 4) is 0 Å². The molecule has 0 heterocycles. The monoisotopic (exact) mass is 332 g/mol. The van der Waals surface area contributed by atoms with Gasteiger partial charge in [-0.05, 0) is 30.9 Å². The van der Waals surface area contributed by atoms with Gasteiger partial charge < -0.3 is 15.8 Å². The van der Waals surface area contributed by atoms with Crippen LogP contribution in [-0.4, -0.2) is 25.2 Å². The SMILES string of the molecule is CO[C@@H]1CC[C@H](C(=O)NCc2ccccc2Cl)C[C@H]1N.Cl. The van der Waals surface area contributed by atoms with Crippen molar-refractivity contribution >= 4 is 29.9 Å². The zero-order chi connectivity index (χ0) is 14.5. The fraction of sp³-hybridized carbons (Fsp3) is 0.533. The van der Waals surface area contributed by atoms with Crippen LogP contribution < -0.4 is 11.1 Å². The van der Waals surface area contributed by atoms with E-state index in [-0.39, 0.29) is 36.4 Å². The molecular weight excluding hydrogens is 311 g/mol. The van der Waals surface area contributed by atoms with Crippen molar-refractivity contribution < 1.29 is 9.53 Å². The summed E-state index contributed by atoms with van der Waals surface area (Å²) in [6.45, 7) is 0.456. The Morgan fingerprint density at radius 2 is 2.14 bits per heavy atom. The minimum Gasteiger partial charge on any atom is -0.380 e. The van der Waals surface area contributed by atoms with Crippen LogP contribution >= 0.6 is 24.0 Å². The molecule has 0 unspecified atom stereocenters. The molecule has 4 nitrogen and oxygen atoms in total. The number of rotatable bonds is 4. The summed E-state index contributed by atoms with van der Waals surface area (Å²) in [6.07, 6.45) is 2.40. The second-order valence-corrected chi connectivity index (χ2v) is 5.66. The fourth-order valence-electron chi connectivity index (χ4n) is 2.68. The predicted molar refractivity (Wildman–Crippen MR) is 86.7 cm³/mol. The zero-order valence-corrected chi connectivity index (χ0v) is 13.6. The van der Waals surface area contributed by atoms with Gasteiger partial charge in [0.15, 0.2) is 0 Å². The van der Waals surface area contributed by atoms with Gasteiger partial charge in [-0.15, -0.1) is 12.4 Å². The van der Waals surface area contributed by atoms with Gasteiger partial charge in [0.05, 0.1) is 6.10 Å². The number of nitrogens with two attached hydrogens (primary N) is 1. The summed E-state index contributed by atoms with van der Waals surface area (Å²) in [5.74, 6) is 0.0220. The molecule has 1 amide bonds. The summed E-state index contributed by atoms with van der Waals surface area (Å²) in [5.41, 5.74) is 6.95. The number of hydrogen-bond donors (Lipinski definition) is 2. The number of ether oxygens (including phenoxy) is 1. The lowest BCUT2D eigenvalue weighted by Crippen LogP contribution is -2.45. The third-order valence-electron chi connectivity index (χ3n) is 3.92. The third-order valence-corrected chi connectivity index (χ3v) is 4.29. The molecule has 0 aliphatic heterocycles. The Balaban J connectivity index is 0.00000220. The molecule has 21 heavy (non-hydrogen) atoms. The summed E-state index contributed by atoms with van der Waals surface area (Å²) in [4.78, 5) is 12.2. The minimum absolute atomic E-state index is 0. The molecule has 0 aromatic heterocycles. The minimum atomic E-state index is -0.0650. The average molecular weight is 333 g/mol. The highest BCUT2D eigenvalue weighted by Gasteiger charge is 2.31. The molecular formula is C15H22Cl2N2O2. The van der Waals surface area contributed by atoms with Crippen molar-refractivity contribution in [1.82, 2.24) is 5.32 Å². The second-order valence-electron chi connectivity index (χ2n) is 5.26. The smallest absolute Gasteiger partial charge is 0.223 e. The van der Waals surface area contributed by atoms with Crippen molar-refractivity contribution in [1.29, 1.82) is 0 Å². The predicted octanol–water partition coefficient (Wildman–Crippen LogP) is 2.52. The molecule has 118 valence electrons. The van der Waals surface area contributed by atoms with E-state index >= 15 is 0 Å². The van der Waals surface area contributed by atoms with E-state index in [1.54, 1.807) is 7.11 Å². The van der Waals surface area contributed by atoms with Gasteiger partial charge >= 0.3 is 0 Å². The van der Waals surface area contributed by atoms with Crippen molar-refractivity contribution in [2.45, 2.75) is 38.0 Å². The summed E-state index contributed by atoms with van der Waals surface area (Å²) < 4.78 is 5.30. The molecule has 0 bridgehead atoms. The van der Waals surface area contributed by atoms with Gasteiger partial charge in [0, 0.05) is 30.6 Å². The van der Waals surface area contributed by atoms with Crippen molar-refractivity contribution in [3.63, 3.8) is 0 Å². The van der Waals surface area contributed by atoms with Gasteiger partial charge in [0.1, 0.15) is 0 Å². The molecule has 2 rings (SSSR count). The van der Waals surface area contributed by atoms with E-state index in [9.17, 15) is 4.79 Å².